The molecule has 0 aliphatic rings. The minimum Gasteiger partial charge on any atom is -0.618 e. The largest absolute Gasteiger partial charge is 0.618 e. The normalized spacial score (nSPS) is 10.2. The Morgan fingerprint density at radius 2 is 1.96 bits per heavy atom. The molecule has 7 heteroatoms. The van der Waals surface area contributed by atoms with Gasteiger partial charge in [-0.3, -0.25) is 9.59 Å². The molecule has 0 unspecified atom stereocenters. The molecule has 0 fully saturated rings. The maximum absolute atomic E-state index is 11.8. The van der Waals surface area contributed by atoms with E-state index in [1.165, 1.54) is 11.8 Å². The minimum atomic E-state index is -0.555. The van der Waals surface area contributed by atoms with Crippen LogP contribution in [0.5, 0.6) is 0 Å². The first-order valence-corrected chi connectivity index (χ1v) is 8.42. The van der Waals surface area contributed by atoms with Crippen LogP contribution in [0.15, 0.2) is 53.7 Å². The number of benzene rings is 1. The predicted octanol–water partition coefficient (Wildman–Crippen LogP) is 2.16. The number of aromatic nitrogens is 1. The highest BCUT2D eigenvalue weighted by molar-refractivity contribution is 7.99. The second kappa shape index (κ2) is 8.93. The van der Waals surface area contributed by atoms with Gasteiger partial charge >= 0.3 is 5.97 Å². The number of hydrogen-bond acceptors (Lipinski definition) is 5. The van der Waals surface area contributed by atoms with E-state index in [9.17, 15) is 14.8 Å². The molecule has 0 saturated heterocycles. The van der Waals surface area contributed by atoms with Crippen molar-refractivity contribution >= 4 is 29.3 Å². The topological polar surface area (TPSA) is 82.3 Å². The van der Waals surface area contributed by atoms with Crippen molar-refractivity contribution in [1.29, 1.82) is 0 Å². The molecule has 24 heavy (non-hydrogen) atoms. The summed E-state index contributed by atoms with van der Waals surface area (Å²) < 4.78 is 5.57. The fourth-order valence-electron chi connectivity index (χ4n) is 1.87. The average Bonchev–Trinajstić information content (AvgIpc) is 2.60. The van der Waals surface area contributed by atoms with Crippen LogP contribution >= 0.6 is 11.8 Å². The molecule has 6 nitrogen and oxygen atoms in total. The van der Waals surface area contributed by atoms with Crippen LogP contribution in [0.1, 0.15) is 12.5 Å². The van der Waals surface area contributed by atoms with Crippen molar-refractivity contribution in [2.75, 3.05) is 17.7 Å². The average molecular weight is 346 g/mol. The highest BCUT2D eigenvalue weighted by atomic mass is 32.2. The molecule has 1 N–H and O–H groups in total. The molecule has 2 aromatic rings. The number of anilines is 1. The summed E-state index contributed by atoms with van der Waals surface area (Å²) in [6.45, 7) is 1.69. The number of carbonyl (C=O) groups excluding carboxylic acids is 2. The number of aryl methyl sites for hydroxylation is 1. The number of rotatable bonds is 7. The lowest BCUT2D eigenvalue weighted by atomic mass is 10.1. The zero-order chi connectivity index (χ0) is 17.4. The second-order valence-corrected chi connectivity index (χ2v) is 5.91. The second-order valence-electron chi connectivity index (χ2n) is 4.91. The highest BCUT2D eigenvalue weighted by Crippen LogP contribution is 2.13. The van der Waals surface area contributed by atoms with E-state index < -0.39 is 11.9 Å². The molecule has 0 bridgehead atoms. The summed E-state index contributed by atoms with van der Waals surface area (Å²) in [4.78, 5) is 23.4. The molecule has 0 saturated carbocycles. The predicted molar refractivity (Wildman–Crippen MR) is 91.5 cm³/mol. The lowest BCUT2D eigenvalue weighted by Gasteiger charge is -2.07. The third-order valence-corrected chi connectivity index (χ3v) is 4.13. The van der Waals surface area contributed by atoms with E-state index in [2.05, 4.69) is 12.2 Å². The first-order valence-electron chi connectivity index (χ1n) is 7.44. The summed E-state index contributed by atoms with van der Waals surface area (Å²) in [6, 6.07) is 12.4. The Morgan fingerprint density at radius 1 is 1.21 bits per heavy atom. The van der Waals surface area contributed by atoms with Gasteiger partial charge in [0.05, 0.1) is 0 Å². The highest BCUT2D eigenvalue weighted by Gasteiger charge is 2.12. The lowest BCUT2D eigenvalue weighted by molar-refractivity contribution is -0.645. The molecule has 0 aliphatic heterocycles. The number of nitrogens with one attached hydrogen (secondary N) is 1. The number of nitrogens with zero attached hydrogens (tertiary/aromatic N) is 1. The van der Waals surface area contributed by atoms with Crippen LogP contribution < -0.4 is 10.0 Å². The van der Waals surface area contributed by atoms with Gasteiger partial charge in [-0.15, -0.1) is 0 Å². The Morgan fingerprint density at radius 3 is 2.62 bits per heavy atom. The molecule has 126 valence electrons. The number of amides is 1. The van der Waals surface area contributed by atoms with Crippen molar-refractivity contribution in [3.8, 4) is 0 Å². The Kier molecular flexibility index (Phi) is 6.62. The third-order valence-electron chi connectivity index (χ3n) is 3.14. The van der Waals surface area contributed by atoms with Gasteiger partial charge in [0, 0.05) is 17.8 Å². The Hall–Kier alpha value is -2.54. The van der Waals surface area contributed by atoms with Crippen LogP contribution in [0.4, 0.5) is 5.69 Å². The standard InChI is InChI=1S/C17H18N2O4S/c1-2-13-6-8-14(9-7-13)18-15(20)11-23-17(21)12-24-16-5-3-4-10-19(16)22/h3-10H,2,11-12H2,1H3,(H,18,20). The van der Waals surface area contributed by atoms with Crippen LogP contribution in [0.2, 0.25) is 0 Å². The van der Waals surface area contributed by atoms with Gasteiger partial charge in [-0.05, 0) is 41.9 Å². The SMILES string of the molecule is CCc1ccc(NC(=O)COC(=O)CSc2cccc[n+]2[O-])cc1. The first-order chi connectivity index (χ1) is 11.6. The van der Waals surface area contributed by atoms with E-state index in [1.807, 2.05) is 12.1 Å². The van der Waals surface area contributed by atoms with Crippen LogP contribution in [0.25, 0.3) is 0 Å². The minimum absolute atomic E-state index is 0.0370. The molecular weight excluding hydrogens is 328 g/mol. The van der Waals surface area contributed by atoms with Gasteiger partial charge in [0.15, 0.2) is 12.8 Å². The summed E-state index contributed by atoms with van der Waals surface area (Å²) in [5.74, 6) is -0.999. The zero-order valence-electron chi connectivity index (χ0n) is 13.2. The van der Waals surface area contributed by atoms with Gasteiger partial charge in [0.1, 0.15) is 5.75 Å². The van der Waals surface area contributed by atoms with E-state index in [1.54, 1.807) is 30.3 Å². The Balaban J connectivity index is 1.72. The number of pyridine rings is 1. The van der Waals surface area contributed by atoms with Crippen molar-refractivity contribution in [3.05, 3.63) is 59.4 Å². The summed E-state index contributed by atoms with van der Waals surface area (Å²) in [7, 11) is 0. The molecule has 0 atom stereocenters. The van der Waals surface area contributed by atoms with Gasteiger partial charge in [0.25, 0.3) is 10.9 Å². The van der Waals surface area contributed by atoms with Crippen LogP contribution in [-0.4, -0.2) is 24.2 Å². The Bertz CT molecular complexity index is 704. The molecule has 2 rings (SSSR count). The van der Waals surface area contributed by atoms with Gasteiger partial charge in [-0.2, -0.15) is 4.73 Å². The lowest BCUT2D eigenvalue weighted by Crippen LogP contribution is -2.28. The molecular formula is C17H18N2O4S. The van der Waals surface area contributed by atoms with Crippen molar-refractivity contribution in [2.45, 2.75) is 18.4 Å². The molecule has 0 radical (unpaired) electrons. The smallest absolute Gasteiger partial charge is 0.317 e. The molecule has 1 aromatic carbocycles. The summed E-state index contributed by atoms with van der Waals surface area (Å²) in [6.07, 6.45) is 2.28. The Labute approximate surface area is 144 Å². The molecule has 1 aromatic heterocycles. The van der Waals surface area contributed by atoms with Gasteiger partial charge in [-0.25, -0.2) is 0 Å². The maximum atomic E-state index is 11.8. The quantitative estimate of drug-likeness (QED) is 0.359. The van der Waals surface area contributed by atoms with Crippen LogP contribution in [0.3, 0.4) is 0 Å². The summed E-state index contributed by atoms with van der Waals surface area (Å²) >= 11 is 1.06. The van der Waals surface area contributed by atoms with E-state index >= 15 is 0 Å². The van der Waals surface area contributed by atoms with Crippen molar-refractivity contribution < 1.29 is 19.1 Å². The molecule has 1 heterocycles. The zero-order valence-corrected chi connectivity index (χ0v) is 14.0. The van der Waals surface area contributed by atoms with E-state index in [0.717, 1.165) is 18.2 Å². The fourth-order valence-corrected chi connectivity index (χ4v) is 2.58. The number of carbonyl (C=O) groups is 2. The van der Waals surface area contributed by atoms with Gasteiger partial charge < -0.3 is 15.3 Å². The molecule has 0 aliphatic carbocycles. The summed E-state index contributed by atoms with van der Waals surface area (Å²) in [5, 5.41) is 14.5. The number of thioether (sulfide) groups is 1. The molecule has 0 spiro atoms. The number of esters is 1. The van der Waals surface area contributed by atoms with Crippen LogP contribution in [-0.2, 0) is 20.7 Å². The van der Waals surface area contributed by atoms with E-state index in [0.29, 0.717) is 15.4 Å². The third kappa shape index (κ3) is 5.58. The first kappa shape index (κ1) is 17.8. The monoisotopic (exact) mass is 346 g/mol. The number of ether oxygens (including phenoxy) is 1. The summed E-state index contributed by atoms with van der Waals surface area (Å²) in [5.41, 5.74) is 1.83. The van der Waals surface area contributed by atoms with Crippen molar-refractivity contribution in [3.63, 3.8) is 0 Å². The van der Waals surface area contributed by atoms with Crippen LogP contribution in [0, 0.1) is 5.21 Å². The van der Waals surface area contributed by atoms with Gasteiger partial charge in [0.2, 0.25) is 0 Å². The maximum Gasteiger partial charge on any atom is 0.317 e. The number of hydrogen-bond donors (Lipinski definition) is 1. The van der Waals surface area contributed by atoms with Crippen molar-refractivity contribution in [2.24, 2.45) is 0 Å². The molecule has 1 amide bonds. The fraction of sp³-hybridized carbons (Fsp3) is 0.235. The van der Waals surface area contributed by atoms with E-state index in [-0.39, 0.29) is 12.4 Å². The van der Waals surface area contributed by atoms with E-state index in [4.69, 9.17) is 4.74 Å². The van der Waals surface area contributed by atoms with Gasteiger partial charge in [-0.1, -0.05) is 19.1 Å². The van der Waals surface area contributed by atoms with Crippen molar-refractivity contribution in [1.82, 2.24) is 0 Å².